The third-order valence-electron chi connectivity index (χ3n) is 7.71. The summed E-state index contributed by atoms with van der Waals surface area (Å²) in [6, 6.07) is 9.60. The van der Waals surface area contributed by atoms with Gasteiger partial charge in [0, 0.05) is 62.8 Å². The summed E-state index contributed by atoms with van der Waals surface area (Å²) in [6.45, 7) is 6.45. The van der Waals surface area contributed by atoms with Crippen LogP contribution in [-0.2, 0) is 11.3 Å². The molecule has 1 unspecified atom stereocenters. The SMILES string of the molecule is CCOc1ccc(CNC(=O)CC2CN(C(=O)NC3CCCCC3)CCN2c2cc(C)nc(-n3ccnc3)n2)cc1. The molecule has 11 nitrogen and oxygen atoms in total. The van der Waals surface area contributed by atoms with Crippen LogP contribution >= 0.6 is 0 Å². The van der Waals surface area contributed by atoms with E-state index in [1.165, 1.54) is 6.42 Å². The first-order chi connectivity index (χ1) is 20.0. The molecule has 0 bridgehead atoms. The van der Waals surface area contributed by atoms with Crippen molar-refractivity contribution in [2.75, 3.05) is 31.1 Å². The van der Waals surface area contributed by atoms with E-state index >= 15 is 0 Å². The van der Waals surface area contributed by atoms with Crippen molar-refractivity contribution < 1.29 is 14.3 Å². The van der Waals surface area contributed by atoms with E-state index in [1.54, 1.807) is 23.3 Å². The van der Waals surface area contributed by atoms with Gasteiger partial charge < -0.3 is 25.2 Å². The summed E-state index contributed by atoms with van der Waals surface area (Å²) in [5.74, 6) is 1.98. The fourth-order valence-corrected chi connectivity index (χ4v) is 5.56. The van der Waals surface area contributed by atoms with Crippen LogP contribution in [0.2, 0.25) is 0 Å². The number of hydrogen-bond acceptors (Lipinski definition) is 7. The van der Waals surface area contributed by atoms with Crippen molar-refractivity contribution in [1.82, 2.24) is 35.1 Å². The Kier molecular flexibility index (Phi) is 9.33. The summed E-state index contributed by atoms with van der Waals surface area (Å²) in [7, 11) is 0. The Hall–Kier alpha value is -4.15. The number of carbonyl (C=O) groups excluding carboxylic acids is 2. The first-order valence-corrected chi connectivity index (χ1v) is 14.6. The molecule has 11 heteroatoms. The first kappa shape index (κ1) is 28.4. The molecule has 3 amide bonds. The Morgan fingerprint density at radius 3 is 2.61 bits per heavy atom. The van der Waals surface area contributed by atoms with E-state index in [1.807, 2.05) is 49.1 Å². The lowest BCUT2D eigenvalue weighted by molar-refractivity contribution is -0.121. The molecule has 2 fully saturated rings. The summed E-state index contributed by atoms with van der Waals surface area (Å²) in [4.78, 5) is 43.9. The Labute approximate surface area is 241 Å². The number of imidazole rings is 1. The van der Waals surface area contributed by atoms with Crippen molar-refractivity contribution in [1.29, 1.82) is 0 Å². The van der Waals surface area contributed by atoms with Crippen molar-refractivity contribution >= 4 is 17.8 Å². The average Bonchev–Trinajstić information content (AvgIpc) is 3.53. The normalized spacial score (nSPS) is 17.8. The standard InChI is InChI=1S/C30H40N8O3/c1-3-41-26-11-9-23(10-12-26)19-32-28(39)18-25-20-36(30(40)34-24-7-5-4-6-8-24)15-16-38(25)27-17-22(2)33-29(35-27)37-14-13-31-21-37/h9-14,17,21,24-25H,3-8,15-16,18-20H2,1-2H3,(H,32,39)(H,34,40). The molecule has 3 aromatic rings. The van der Waals surface area contributed by atoms with E-state index in [9.17, 15) is 9.59 Å². The van der Waals surface area contributed by atoms with Crippen molar-refractivity contribution in [2.45, 2.75) is 71.0 Å². The fraction of sp³-hybridized carbons (Fsp3) is 0.500. The summed E-state index contributed by atoms with van der Waals surface area (Å²) < 4.78 is 7.28. The van der Waals surface area contributed by atoms with Crippen molar-refractivity contribution in [3.63, 3.8) is 0 Å². The second kappa shape index (κ2) is 13.5. The number of rotatable bonds is 9. The number of nitrogens with zero attached hydrogens (tertiary/aromatic N) is 6. The maximum atomic E-state index is 13.2. The van der Waals surface area contributed by atoms with Crippen LogP contribution in [0.4, 0.5) is 10.6 Å². The van der Waals surface area contributed by atoms with E-state index in [2.05, 4.69) is 25.5 Å². The Morgan fingerprint density at radius 1 is 1.07 bits per heavy atom. The molecule has 0 radical (unpaired) electrons. The van der Waals surface area contributed by atoms with Gasteiger partial charge in [0.05, 0.1) is 12.6 Å². The van der Waals surface area contributed by atoms with Gasteiger partial charge in [-0.15, -0.1) is 0 Å². The maximum Gasteiger partial charge on any atom is 0.317 e. The van der Waals surface area contributed by atoms with Gasteiger partial charge in [-0.2, -0.15) is 4.98 Å². The largest absolute Gasteiger partial charge is 0.494 e. The van der Waals surface area contributed by atoms with Crippen LogP contribution in [0.15, 0.2) is 49.1 Å². The van der Waals surface area contributed by atoms with E-state index in [4.69, 9.17) is 9.72 Å². The third-order valence-corrected chi connectivity index (χ3v) is 7.71. The summed E-state index contributed by atoms with van der Waals surface area (Å²) >= 11 is 0. The van der Waals surface area contributed by atoms with Gasteiger partial charge in [-0.25, -0.2) is 14.8 Å². The van der Waals surface area contributed by atoms with Crippen LogP contribution in [0.25, 0.3) is 5.95 Å². The molecule has 1 atom stereocenters. The molecule has 3 heterocycles. The lowest BCUT2D eigenvalue weighted by Gasteiger charge is -2.42. The minimum Gasteiger partial charge on any atom is -0.494 e. The van der Waals surface area contributed by atoms with Gasteiger partial charge in [-0.1, -0.05) is 31.4 Å². The molecule has 1 aliphatic carbocycles. The molecule has 1 aromatic carbocycles. The molecule has 0 spiro atoms. The molecule has 2 aliphatic rings. The molecule has 41 heavy (non-hydrogen) atoms. The molecule has 2 aromatic heterocycles. The van der Waals surface area contributed by atoms with Gasteiger partial charge in [0.15, 0.2) is 0 Å². The van der Waals surface area contributed by atoms with Crippen LogP contribution in [0.5, 0.6) is 5.75 Å². The Bertz CT molecular complexity index is 1290. The molecule has 1 saturated heterocycles. The van der Waals surface area contributed by atoms with Gasteiger partial charge in [0.1, 0.15) is 17.9 Å². The molecule has 1 aliphatic heterocycles. The molecule has 1 saturated carbocycles. The molecule has 218 valence electrons. The van der Waals surface area contributed by atoms with Crippen LogP contribution in [0.1, 0.15) is 56.7 Å². The lowest BCUT2D eigenvalue weighted by Crippen LogP contribution is -2.59. The van der Waals surface area contributed by atoms with E-state index in [0.717, 1.165) is 48.5 Å². The molecular weight excluding hydrogens is 520 g/mol. The number of hydrogen-bond donors (Lipinski definition) is 2. The Balaban J connectivity index is 1.29. The predicted octanol–water partition coefficient (Wildman–Crippen LogP) is 3.61. The van der Waals surface area contributed by atoms with Crippen LogP contribution in [0.3, 0.4) is 0 Å². The smallest absolute Gasteiger partial charge is 0.317 e. The van der Waals surface area contributed by atoms with Gasteiger partial charge in [-0.05, 0) is 44.4 Å². The quantitative estimate of drug-likeness (QED) is 0.411. The number of aromatic nitrogens is 4. The van der Waals surface area contributed by atoms with Crippen LogP contribution in [-0.4, -0.2) is 74.7 Å². The van der Waals surface area contributed by atoms with Crippen molar-refractivity contribution in [3.8, 4) is 11.7 Å². The van der Waals surface area contributed by atoms with E-state index < -0.39 is 0 Å². The average molecular weight is 561 g/mol. The predicted molar refractivity (Wildman–Crippen MR) is 156 cm³/mol. The number of nitrogens with one attached hydrogen (secondary N) is 2. The second-order valence-corrected chi connectivity index (χ2v) is 10.8. The topological polar surface area (TPSA) is 118 Å². The third kappa shape index (κ3) is 7.53. The Morgan fingerprint density at radius 2 is 1.88 bits per heavy atom. The van der Waals surface area contributed by atoms with Gasteiger partial charge in [0.2, 0.25) is 11.9 Å². The highest BCUT2D eigenvalue weighted by Crippen LogP contribution is 2.24. The highest BCUT2D eigenvalue weighted by molar-refractivity contribution is 5.78. The lowest BCUT2D eigenvalue weighted by atomic mass is 9.96. The number of urea groups is 1. The number of benzene rings is 1. The number of piperazine rings is 1. The number of ether oxygens (including phenoxy) is 1. The maximum absolute atomic E-state index is 13.2. The first-order valence-electron chi connectivity index (χ1n) is 14.6. The van der Waals surface area contributed by atoms with Gasteiger partial charge >= 0.3 is 6.03 Å². The van der Waals surface area contributed by atoms with Gasteiger partial charge in [-0.3, -0.25) is 9.36 Å². The van der Waals surface area contributed by atoms with Crippen LogP contribution in [0, 0.1) is 6.92 Å². The van der Waals surface area contributed by atoms with Gasteiger partial charge in [0.25, 0.3) is 0 Å². The number of carbonyl (C=O) groups is 2. The minimum atomic E-state index is -0.244. The van der Waals surface area contributed by atoms with Crippen molar-refractivity contribution in [3.05, 3.63) is 60.3 Å². The summed E-state index contributed by atoms with van der Waals surface area (Å²) in [6.07, 6.45) is 11.0. The molecule has 2 N–H and O–H groups in total. The highest BCUT2D eigenvalue weighted by Gasteiger charge is 2.33. The van der Waals surface area contributed by atoms with Crippen molar-refractivity contribution in [2.24, 2.45) is 0 Å². The fourth-order valence-electron chi connectivity index (χ4n) is 5.56. The highest BCUT2D eigenvalue weighted by atomic mass is 16.5. The van der Waals surface area contributed by atoms with E-state index in [0.29, 0.717) is 38.7 Å². The number of amides is 3. The van der Waals surface area contributed by atoms with Crippen LogP contribution < -0.4 is 20.3 Å². The monoisotopic (exact) mass is 560 g/mol. The molecule has 5 rings (SSSR count). The number of anilines is 1. The summed E-state index contributed by atoms with van der Waals surface area (Å²) in [5, 5.41) is 6.29. The van der Waals surface area contributed by atoms with E-state index in [-0.39, 0.29) is 30.4 Å². The number of aryl methyl sites for hydroxylation is 1. The minimum absolute atomic E-state index is 0.0469. The zero-order chi connectivity index (χ0) is 28.6. The molecular formula is C30H40N8O3. The summed E-state index contributed by atoms with van der Waals surface area (Å²) in [5.41, 5.74) is 1.81. The zero-order valence-electron chi connectivity index (χ0n) is 24.0. The second-order valence-electron chi connectivity index (χ2n) is 10.8. The zero-order valence-corrected chi connectivity index (χ0v) is 24.0.